The van der Waals surface area contributed by atoms with Gasteiger partial charge in [-0.05, 0) is 31.1 Å². The summed E-state index contributed by atoms with van der Waals surface area (Å²) >= 11 is 0. The Morgan fingerprint density at radius 3 is 1.75 bits per heavy atom. The largest absolute Gasteiger partial charge is 0.352 e. The van der Waals surface area contributed by atoms with Gasteiger partial charge < -0.3 is 14.2 Å². The maximum absolute atomic E-state index is 5.74. The molecule has 2 atom stereocenters. The molecule has 0 aromatic carbocycles. The molecule has 0 bridgehead atoms. The van der Waals surface area contributed by atoms with E-state index in [2.05, 4.69) is 27.7 Å². The lowest BCUT2D eigenvalue weighted by Gasteiger charge is -2.30. The minimum absolute atomic E-state index is 0.0617. The van der Waals surface area contributed by atoms with Crippen molar-refractivity contribution >= 4 is 0 Å². The van der Waals surface area contributed by atoms with E-state index in [-0.39, 0.29) is 12.6 Å². The van der Waals surface area contributed by atoms with Gasteiger partial charge >= 0.3 is 0 Å². The lowest BCUT2D eigenvalue weighted by Crippen LogP contribution is -2.33. The molecule has 1 aliphatic rings. The van der Waals surface area contributed by atoms with E-state index < -0.39 is 0 Å². The average molecular weight is 230 g/mol. The Labute approximate surface area is 99.5 Å². The van der Waals surface area contributed by atoms with E-state index in [9.17, 15) is 0 Å². The number of hydrogen-bond donors (Lipinski definition) is 0. The third-order valence-electron chi connectivity index (χ3n) is 2.41. The van der Waals surface area contributed by atoms with Gasteiger partial charge in [0.1, 0.15) is 0 Å². The summed E-state index contributed by atoms with van der Waals surface area (Å²) < 4.78 is 17.1. The van der Waals surface area contributed by atoms with E-state index in [1.807, 2.05) is 0 Å². The van der Waals surface area contributed by atoms with Crippen LogP contribution in [0.5, 0.6) is 0 Å². The molecule has 2 unspecified atom stereocenters. The molecule has 0 saturated carbocycles. The molecule has 3 nitrogen and oxygen atoms in total. The molecule has 1 aliphatic heterocycles. The second-order valence-electron chi connectivity index (χ2n) is 5.38. The van der Waals surface area contributed by atoms with Crippen LogP contribution in [-0.4, -0.2) is 25.8 Å². The van der Waals surface area contributed by atoms with Gasteiger partial charge in [0.15, 0.2) is 12.6 Å². The van der Waals surface area contributed by atoms with Crippen molar-refractivity contribution in [1.29, 1.82) is 0 Å². The molecule has 0 N–H and O–H groups in total. The van der Waals surface area contributed by atoms with Crippen LogP contribution in [0.1, 0.15) is 47.0 Å². The molecule has 0 aliphatic carbocycles. The van der Waals surface area contributed by atoms with Crippen LogP contribution in [0.25, 0.3) is 0 Å². The minimum atomic E-state index is -0.0617. The summed E-state index contributed by atoms with van der Waals surface area (Å²) in [5.41, 5.74) is 0. The zero-order valence-corrected chi connectivity index (χ0v) is 11.1. The van der Waals surface area contributed by atoms with Crippen LogP contribution >= 0.6 is 0 Å². The van der Waals surface area contributed by atoms with Gasteiger partial charge in [0, 0.05) is 0 Å². The average Bonchev–Trinajstić information content (AvgIpc) is 2.24. The van der Waals surface area contributed by atoms with Crippen LogP contribution < -0.4 is 0 Å². The van der Waals surface area contributed by atoms with Gasteiger partial charge in [-0.2, -0.15) is 0 Å². The number of ether oxygens (including phenoxy) is 3. The van der Waals surface area contributed by atoms with Crippen molar-refractivity contribution in [3.8, 4) is 0 Å². The van der Waals surface area contributed by atoms with Crippen molar-refractivity contribution in [3.63, 3.8) is 0 Å². The van der Waals surface area contributed by atoms with E-state index in [1.54, 1.807) is 0 Å². The van der Waals surface area contributed by atoms with Gasteiger partial charge in [-0.1, -0.05) is 27.7 Å². The molecule has 0 spiro atoms. The first-order chi connectivity index (χ1) is 7.58. The fourth-order valence-electron chi connectivity index (χ4n) is 1.60. The Morgan fingerprint density at radius 2 is 1.38 bits per heavy atom. The van der Waals surface area contributed by atoms with E-state index in [0.717, 1.165) is 32.5 Å². The van der Waals surface area contributed by atoms with E-state index in [0.29, 0.717) is 11.8 Å². The zero-order valence-electron chi connectivity index (χ0n) is 11.1. The molecule has 1 rings (SSSR count). The summed E-state index contributed by atoms with van der Waals surface area (Å²) in [4.78, 5) is 0. The van der Waals surface area contributed by atoms with Gasteiger partial charge in [-0.25, -0.2) is 0 Å². The Kier molecular flexibility index (Phi) is 6.32. The lowest BCUT2D eigenvalue weighted by molar-refractivity contribution is -0.270. The third-order valence-corrected chi connectivity index (χ3v) is 2.41. The van der Waals surface area contributed by atoms with Crippen LogP contribution in [0.4, 0.5) is 0 Å². The SMILES string of the molecule is CC(C)COC1CCCC(OCC(C)C)O1. The predicted molar refractivity (Wildman–Crippen MR) is 64.1 cm³/mol. The second-order valence-corrected chi connectivity index (χ2v) is 5.38. The Bertz CT molecular complexity index is 162. The van der Waals surface area contributed by atoms with Crippen LogP contribution in [-0.2, 0) is 14.2 Å². The molecule has 0 amide bonds. The highest BCUT2D eigenvalue weighted by Crippen LogP contribution is 2.21. The van der Waals surface area contributed by atoms with Crippen molar-refractivity contribution in [2.75, 3.05) is 13.2 Å². The first-order valence-electron chi connectivity index (χ1n) is 6.46. The van der Waals surface area contributed by atoms with Gasteiger partial charge in [-0.15, -0.1) is 0 Å². The molecule has 1 heterocycles. The summed E-state index contributed by atoms with van der Waals surface area (Å²) in [6.45, 7) is 10.1. The monoisotopic (exact) mass is 230 g/mol. The first kappa shape index (κ1) is 13.9. The van der Waals surface area contributed by atoms with Crippen molar-refractivity contribution in [3.05, 3.63) is 0 Å². The maximum atomic E-state index is 5.74. The lowest BCUT2D eigenvalue weighted by atomic mass is 10.2. The Hall–Kier alpha value is -0.120. The molecule has 0 radical (unpaired) electrons. The standard InChI is InChI=1S/C13H26O3/c1-10(2)8-14-12-6-5-7-13(16-12)15-9-11(3)4/h10-13H,5-9H2,1-4H3. The van der Waals surface area contributed by atoms with Crippen molar-refractivity contribution in [1.82, 2.24) is 0 Å². The first-order valence-corrected chi connectivity index (χ1v) is 6.46. The zero-order chi connectivity index (χ0) is 12.0. The molecule has 96 valence electrons. The van der Waals surface area contributed by atoms with E-state index >= 15 is 0 Å². The van der Waals surface area contributed by atoms with Crippen molar-refractivity contribution in [2.45, 2.75) is 59.5 Å². The topological polar surface area (TPSA) is 27.7 Å². The fraction of sp³-hybridized carbons (Fsp3) is 1.00. The highest BCUT2D eigenvalue weighted by Gasteiger charge is 2.23. The van der Waals surface area contributed by atoms with Gasteiger partial charge in [-0.3, -0.25) is 0 Å². The normalized spacial score (nSPS) is 26.6. The van der Waals surface area contributed by atoms with Crippen LogP contribution in [0, 0.1) is 11.8 Å². The third kappa shape index (κ3) is 5.83. The minimum Gasteiger partial charge on any atom is -0.352 e. The molecular weight excluding hydrogens is 204 g/mol. The molecule has 3 heteroatoms. The van der Waals surface area contributed by atoms with Gasteiger partial charge in [0.25, 0.3) is 0 Å². The quantitative estimate of drug-likeness (QED) is 0.701. The highest BCUT2D eigenvalue weighted by molar-refractivity contribution is 4.60. The Balaban J connectivity index is 2.19. The summed E-state index contributed by atoms with van der Waals surface area (Å²) in [6.07, 6.45) is 3.00. The van der Waals surface area contributed by atoms with Crippen LogP contribution in [0.15, 0.2) is 0 Å². The fourth-order valence-corrected chi connectivity index (χ4v) is 1.60. The number of hydrogen-bond acceptors (Lipinski definition) is 3. The molecular formula is C13H26O3. The molecule has 1 fully saturated rings. The van der Waals surface area contributed by atoms with Gasteiger partial charge in [0.2, 0.25) is 0 Å². The smallest absolute Gasteiger partial charge is 0.160 e. The predicted octanol–water partition coefficient (Wildman–Crippen LogP) is 3.18. The van der Waals surface area contributed by atoms with Crippen molar-refractivity contribution < 1.29 is 14.2 Å². The maximum Gasteiger partial charge on any atom is 0.160 e. The highest BCUT2D eigenvalue weighted by atomic mass is 16.8. The molecule has 1 saturated heterocycles. The summed E-state index contributed by atoms with van der Waals surface area (Å²) in [5.74, 6) is 1.11. The Morgan fingerprint density at radius 1 is 0.938 bits per heavy atom. The van der Waals surface area contributed by atoms with E-state index in [4.69, 9.17) is 14.2 Å². The second kappa shape index (κ2) is 7.25. The summed E-state index contributed by atoms with van der Waals surface area (Å²) in [6, 6.07) is 0. The molecule has 0 aromatic rings. The molecule has 16 heavy (non-hydrogen) atoms. The van der Waals surface area contributed by atoms with Crippen LogP contribution in [0.3, 0.4) is 0 Å². The van der Waals surface area contributed by atoms with Gasteiger partial charge in [0.05, 0.1) is 13.2 Å². The number of rotatable bonds is 6. The van der Waals surface area contributed by atoms with Crippen LogP contribution in [0.2, 0.25) is 0 Å². The summed E-state index contributed by atoms with van der Waals surface area (Å²) in [5, 5.41) is 0. The molecule has 0 aromatic heterocycles. The van der Waals surface area contributed by atoms with Crippen molar-refractivity contribution in [2.24, 2.45) is 11.8 Å². The summed E-state index contributed by atoms with van der Waals surface area (Å²) in [7, 11) is 0. The van der Waals surface area contributed by atoms with E-state index in [1.165, 1.54) is 0 Å².